The summed E-state index contributed by atoms with van der Waals surface area (Å²) in [6, 6.07) is 9.47. The summed E-state index contributed by atoms with van der Waals surface area (Å²) >= 11 is 0. The predicted molar refractivity (Wildman–Crippen MR) is 163 cm³/mol. The second kappa shape index (κ2) is 17.2. The molecule has 4 rings (SSSR count). The van der Waals surface area contributed by atoms with E-state index in [9.17, 15) is 51.1 Å². The van der Waals surface area contributed by atoms with Gasteiger partial charge in [-0.1, -0.05) is 12.1 Å². The van der Waals surface area contributed by atoms with Crippen LogP contribution in [-0.2, 0) is 31.8 Å². The smallest absolute Gasteiger partial charge is 0.186 e. The number of aliphatic hydroxyl groups excluding tert-OH is 8. The first kappa shape index (κ1) is 38.0. The van der Waals surface area contributed by atoms with E-state index < -0.39 is 86.5 Å². The lowest BCUT2D eigenvalue weighted by molar-refractivity contribution is -0.308. The van der Waals surface area contributed by atoms with Gasteiger partial charge in [-0.15, -0.1) is 0 Å². The van der Waals surface area contributed by atoms with Gasteiger partial charge in [0.1, 0.15) is 48.8 Å². The van der Waals surface area contributed by atoms with Gasteiger partial charge in [0.15, 0.2) is 35.6 Å². The van der Waals surface area contributed by atoms with Gasteiger partial charge in [-0.3, -0.25) is 0 Å². The number of hydrogen-bond acceptors (Lipinski definition) is 16. The van der Waals surface area contributed by atoms with Crippen molar-refractivity contribution in [3.63, 3.8) is 0 Å². The third kappa shape index (κ3) is 8.84. The maximum Gasteiger partial charge on any atom is 0.186 e. The first-order valence-electron chi connectivity index (χ1n) is 15.5. The summed E-state index contributed by atoms with van der Waals surface area (Å²) in [4.78, 5) is 0. The number of rotatable bonds is 15. The van der Waals surface area contributed by atoms with Crippen LogP contribution in [0.15, 0.2) is 36.4 Å². The molecular formula is C32H46O16. The summed E-state index contributed by atoms with van der Waals surface area (Å²) in [6.45, 7) is -1.63. The van der Waals surface area contributed by atoms with Crippen LogP contribution in [0, 0.1) is 11.8 Å². The molecule has 2 aromatic carbocycles. The molecule has 12 atom stereocenters. The van der Waals surface area contributed by atoms with E-state index in [-0.39, 0.29) is 49.1 Å². The third-order valence-electron chi connectivity index (χ3n) is 8.80. The van der Waals surface area contributed by atoms with Crippen LogP contribution in [0.5, 0.6) is 23.0 Å². The van der Waals surface area contributed by atoms with Crippen LogP contribution in [0.1, 0.15) is 11.1 Å². The third-order valence-corrected chi connectivity index (χ3v) is 8.80. The number of aromatic hydroxyl groups is 2. The Bertz CT molecular complexity index is 1200. The van der Waals surface area contributed by atoms with E-state index in [1.54, 1.807) is 24.3 Å². The Balaban J connectivity index is 1.66. The molecule has 0 radical (unpaired) electrons. The molecule has 270 valence electrons. The topological polar surface area (TPSA) is 258 Å². The van der Waals surface area contributed by atoms with Gasteiger partial charge in [0.2, 0.25) is 0 Å². The van der Waals surface area contributed by atoms with Crippen molar-refractivity contribution in [3.05, 3.63) is 47.5 Å². The van der Waals surface area contributed by atoms with E-state index in [0.29, 0.717) is 11.1 Å². The zero-order valence-corrected chi connectivity index (χ0v) is 26.6. The molecule has 0 aliphatic carbocycles. The van der Waals surface area contributed by atoms with E-state index in [2.05, 4.69) is 0 Å². The molecule has 0 spiro atoms. The zero-order chi connectivity index (χ0) is 35.1. The molecule has 10 N–H and O–H groups in total. The summed E-state index contributed by atoms with van der Waals surface area (Å²) in [5.74, 6) is -0.854. The summed E-state index contributed by atoms with van der Waals surface area (Å²) in [6.07, 6.45) is -14.7. The van der Waals surface area contributed by atoms with Crippen molar-refractivity contribution in [1.82, 2.24) is 0 Å². The first-order valence-corrected chi connectivity index (χ1v) is 15.5. The van der Waals surface area contributed by atoms with Crippen LogP contribution in [0.3, 0.4) is 0 Å². The Kier molecular flexibility index (Phi) is 13.6. The van der Waals surface area contributed by atoms with E-state index in [1.165, 1.54) is 26.4 Å². The monoisotopic (exact) mass is 686 g/mol. The molecule has 0 bridgehead atoms. The average molecular weight is 687 g/mol. The average Bonchev–Trinajstić information content (AvgIpc) is 3.09. The molecule has 16 nitrogen and oxygen atoms in total. The van der Waals surface area contributed by atoms with Crippen molar-refractivity contribution in [2.45, 2.75) is 74.3 Å². The first-order chi connectivity index (χ1) is 22.9. The van der Waals surface area contributed by atoms with Gasteiger partial charge in [-0.05, 0) is 60.1 Å². The molecule has 16 heteroatoms. The predicted octanol–water partition coefficient (Wildman–Crippen LogP) is -2.23. The van der Waals surface area contributed by atoms with E-state index in [4.69, 9.17) is 28.4 Å². The molecule has 0 unspecified atom stereocenters. The van der Waals surface area contributed by atoms with Crippen LogP contribution in [0.25, 0.3) is 0 Å². The number of phenols is 2. The molecule has 0 amide bonds. The summed E-state index contributed by atoms with van der Waals surface area (Å²) in [7, 11) is 2.79. The van der Waals surface area contributed by atoms with Crippen molar-refractivity contribution in [3.8, 4) is 23.0 Å². The van der Waals surface area contributed by atoms with Gasteiger partial charge >= 0.3 is 0 Å². The van der Waals surface area contributed by atoms with Crippen molar-refractivity contribution in [2.24, 2.45) is 11.8 Å². The number of benzene rings is 2. The Hall–Kier alpha value is -2.84. The minimum absolute atomic E-state index is 0.0888. The minimum atomic E-state index is -1.67. The highest BCUT2D eigenvalue weighted by Crippen LogP contribution is 2.34. The number of ether oxygens (including phenoxy) is 6. The summed E-state index contributed by atoms with van der Waals surface area (Å²) < 4.78 is 33.6. The fourth-order valence-corrected chi connectivity index (χ4v) is 5.87. The van der Waals surface area contributed by atoms with E-state index in [1.807, 2.05) is 0 Å². The molecule has 2 aliphatic heterocycles. The summed E-state index contributed by atoms with van der Waals surface area (Å²) in [5.41, 5.74) is 1.38. The maximum atomic E-state index is 10.6. The largest absolute Gasteiger partial charge is 0.504 e. The lowest BCUT2D eigenvalue weighted by Crippen LogP contribution is -2.59. The number of aliphatic hydroxyl groups is 8. The zero-order valence-electron chi connectivity index (χ0n) is 26.6. The van der Waals surface area contributed by atoms with Gasteiger partial charge in [-0.25, -0.2) is 0 Å². The standard InChI is InChI=1S/C32H46O16/c1-43-21-9-15(3-5-19(21)35)7-17(13-45-31-29(41)27(39)25(37)23(11-33)47-31)18(8-16-4-6-20(36)22(10-16)44-2)14-46-32-30(42)28(40)26(38)24(12-34)48-32/h3-6,9-10,17-18,23-42H,7-8,11-14H2,1-2H3/t17-,18-,23-,24-,25-,26-,27+,28+,29-,30-,31-,32-/m1/s1. The molecule has 2 aliphatic rings. The fourth-order valence-electron chi connectivity index (χ4n) is 5.87. The number of methoxy groups -OCH3 is 2. The van der Waals surface area contributed by atoms with Gasteiger partial charge < -0.3 is 79.5 Å². The molecule has 2 fully saturated rings. The Morgan fingerprint density at radius 2 is 0.958 bits per heavy atom. The SMILES string of the molecule is COc1cc(C[C@H](CO[C@@H]2O[C@H](CO)[C@@H](O)[C@H](O)[C@H]2O)[C@@H](CO[C@@H]2O[C@H](CO)[C@@H](O)[C@H](O)[C@H]2O)Cc2ccc(O)c(OC)c2)ccc1O. The molecule has 2 saturated heterocycles. The summed E-state index contributed by atoms with van der Waals surface area (Å²) in [5, 5.41) is 102. The van der Waals surface area contributed by atoms with Crippen molar-refractivity contribution in [1.29, 1.82) is 0 Å². The van der Waals surface area contributed by atoms with Crippen LogP contribution in [0.4, 0.5) is 0 Å². The second-order valence-electron chi connectivity index (χ2n) is 12.0. The molecule has 48 heavy (non-hydrogen) atoms. The van der Waals surface area contributed by atoms with Crippen molar-refractivity contribution >= 4 is 0 Å². The maximum absolute atomic E-state index is 10.6. The normalized spacial score (nSPS) is 32.0. The molecular weight excluding hydrogens is 640 g/mol. The fraction of sp³-hybridized carbons (Fsp3) is 0.625. The van der Waals surface area contributed by atoms with Crippen LogP contribution < -0.4 is 9.47 Å². The van der Waals surface area contributed by atoms with Gasteiger partial charge in [0.25, 0.3) is 0 Å². The molecule has 2 aromatic rings. The minimum Gasteiger partial charge on any atom is -0.504 e. The van der Waals surface area contributed by atoms with E-state index >= 15 is 0 Å². The molecule has 0 aromatic heterocycles. The lowest BCUT2D eigenvalue weighted by Gasteiger charge is -2.41. The highest BCUT2D eigenvalue weighted by Gasteiger charge is 2.46. The quantitative estimate of drug-likeness (QED) is 0.0951. The Labute approximate surface area is 276 Å². The van der Waals surface area contributed by atoms with Crippen LogP contribution in [0.2, 0.25) is 0 Å². The van der Waals surface area contributed by atoms with Crippen LogP contribution >= 0.6 is 0 Å². The number of hydrogen-bond donors (Lipinski definition) is 10. The van der Waals surface area contributed by atoms with Gasteiger partial charge in [0.05, 0.1) is 40.6 Å². The van der Waals surface area contributed by atoms with Crippen molar-refractivity contribution < 1.29 is 79.5 Å². The van der Waals surface area contributed by atoms with Crippen LogP contribution in [-0.4, -0.2) is 153 Å². The highest BCUT2D eigenvalue weighted by molar-refractivity contribution is 5.43. The Morgan fingerprint density at radius 1 is 0.583 bits per heavy atom. The second-order valence-corrected chi connectivity index (χ2v) is 12.0. The Morgan fingerprint density at radius 3 is 1.29 bits per heavy atom. The van der Waals surface area contributed by atoms with Gasteiger partial charge in [-0.2, -0.15) is 0 Å². The lowest BCUT2D eigenvalue weighted by atomic mass is 9.83. The van der Waals surface area contributed by atoms with E-state index in [0.717, 1.165) is 0 Å². The molecule has 2 heterocycles. The van der Waals surface area contributed by atoms with Crippen molar-refractivity contribution in [2.75, 3.05) is 40.6 Å². The molecule has 0 saturated carbocycles. The van der Waals surface area contributed by atoms with Gasteiger partial charge in [0, 0.05) is 0 Å². The highest BCUT2D eigenvalue weighted by atomic mass is 16.7. The number of phenolic OH excluding ortho intramolecular Hbond substituents is 2.